The molecule has 2 atom stereocenters. The first-order chi connectivity index (χ1) is 16.0. The maximum Gasteiger partial charge on any atom is 0.407 e. The Labute approximate surface area is 192 Å². The van der Waals surface area contributed by atoms with E-state index in [-0.39, 0.29) is 24.5 Å². The van der Waals surface area contributed by atoms with Crippen LogP contribution in [0.25, 0.3) is 11.1 Å². The molecule has 2 fully saturated rings. The summed E-state index contributed by atoms with van der Waals surface area (Å²) in [5, 5.41) is 15.1. The summed E-state index contributed by atoms with van der Waals surface area (Å²) in [5.41, 5.74) is 3.47. The quantitative estimate of drug-likeness (QED) is 0.623. The molecule has 2 amide bonds. The minimum absolute atomic E-state index is 0.0279. The summed E-state index contributed by atoms with van der Waals surface area (Å²) in [6.07, 6.45) is 3.23. The van der Waals surface area contributed by atoms with Gasteiger partial charge in [0.1, 0.15) is 12.1 Å². The van der Waals surface area contributed by atoms with Crippen molar-refractivity contribution in [2.24, 2.45) is 5.92 Å². The molecule has 0 aromatic heterocycles. The molecular formula is C26H28N2O5. The summed E-state index contributed by atoms with van der Waals surface area (Å²) in [4.78, 5) is 37.1. The van der Waals surface area contributed by atoms with Crippen molar-refractivity contribution >= 4 is 18.0 Å². The zero-order valence-electron chi connectivity index (χ0n) is 18.4. The van der Waals surface area contributed by atoms with E-state index in [1.54, 1.807) is 0 Å². The first-order valence-electron chi connectivity index (χ1n) is 11.7. The third kappa shape index (κ3) is 3.86. The lowest BCUT2D eigenvalue weighted by atomic mass is 9.76. The topological polar surface area (TPSA) is 105 Å². The number of carboxylic acid groups (broad SMARTS) is 1. The standard InChI is InChI=1S/C26H28N2O5/c29-23(28-26(24(30)31)13-6-14-26)20-11-5-12-22(20)27-25(32)33-15-21-18-9-3-1-7-16(18)17-8-2-4-10-19(17)21/h1-4,7-10,20-22H,5-6,11-15H2,(H,27,32)(H,28,29)(H,30,31)/t20-,22+/m0/s1. The Kier molecular flexibility index (Phi) is 5.56. The fourth-order valence-electron chi connectivity index (χ4n) is 5.49. The average Bonchev–Trinajstić information content (AvgIpc) is 3.37. The van der Waals surface area contributed by atoms with Crippen LogP contribution in [0, 0.1) is 5.92 Å². The van der Waals surface area contributed by atoms with Gasteiger partial charge in [-0.15, -0.1) is 0 Å². The van der Waals surface area contributed by atoms with Gasteiger partial charge >= 0.3 is 12.1 Å². The number of nitrogens with one attached hydrogen (secondary N) is 2. The number of rotatable bonds is 6. The Morgan fingerprint density at radius 1 is 0.939 bits per heavy atom. The van der Waals surface area contributed by atoms with Gasteiger partial charge in [-0.05, 0) is 54.4 Å². The number of benzene rings is 2. The molecule has 0 aliphatic heterocycles. The summed E-state index contributed by atoms with van der Waals surface area (Å²) in [5.74, 6) is -1.75. The van der Waals surface area contributed by atoms with Gasteiger partial charge in [0.2, 0.25) is 5.91 Å². The van der Waals surface area contributed by atoms with Crippen LogP contribution in [0.4, 0.5) is 4.79 Å². The number of amides is 2. The molecule has 2 saturated carbocycles. The SMILES string of the molecule is O=C(N[C@@H]1CCC[C@@H]1C(=O)NC1(C(=O)O)CCC1)OCC1c2ccccc2-c2ccccc21. The van der Waals surface area contributed by atoms with E-state index in [0.29, 0.717) is 25.7 Å². The van der Waals surface area contributed by atoms with Gasteiger partial charge in [-0.2, -0.15) is 0 Å². The van der Waals surface area contributed by atoms with Crippen molar-refractivity contribution in [3.8, 4) is 11.1 Å². The second-order valence-electron chi connectivity index (χ2n) is 9.34. The minimum Gasteiger partial charge on any atom is -0.480 e. The van der Waals surface area contributed by atoms with Crippen molar-refractivity contribution in [2.75, 3.05) is 6.61 Å². The summed E-state index contributed by atoms with van der Waals surface area (Å²) >= 11 is 0. The van der Waals surface area contributed by atoms with Crippen LogP contribution in [0.1, 0.15) is 55.6 Å². The maximum atomic E-state index is 12.8. The Morgan fingerprint density at radius 2 is 1.58 bits per heavy atom. The third-order valence-corrected chi connectivity index (χ3v) is 7.48. The van der Waals surface area contributed by atoms with Crippen molar-refractivity contribution in [3.63, 3.8) is 0 Å². The van der Waals surface area contributed by atoms with Crippen LogP contribution in [-0.4, -0.2) is 41.3 Å². The predicted molar refractivity (Wildman–Crippen MR) is 122 cm³/mol. The summed E-state index contributed by atoms with van der Waals surface area (Å²) < 4.78 is 5.63. The number of carboxylic acids is 1. The summed E-state index contributed by atoms with van der Waals surface area (Å²) in [6.45, 7) is 0.214. The molecule has 2 aromatic rings. The zero-order chi connectivity index (χ0) is 23.0. The molecular weight excluding hydrogens is 420 g/mol. The number of hydrogen-bond donors (Lipinski definition) is 3. The van der Waals surface area contributed by atoms with Crippen LogP contribution in [0.5, 0.6) is 0 Å². The van der Waals surface area contributed by atoms with E-state index < -0.39 is 23.5 Å². The maximum absolute atomic E-state index is 12.8. The summed E-state index contributed by atoms with van der Waals surface area (Å²) in [6, 6.07) is 16.0. The van der Waals surface area contributed by atoms with E-state index in [0.717, 1.165) is 35.1 Å². The monoisotopic (exact) mass is 448 g/mol. The molecule has 0 radical (unpaired) electrons. The highest BCUT2D eigenvalue weighted by atomic mass is 16.5. The fraction of sp³-hybridized carbons (Fsp3) is 0.423. The Hall–Kier alpha value is -3.35. The molecule has 3 N–H and O–H groups in total. The number of fused-ring (bicyclic) bond motifs is 3. The number of alkyl carbamates (subject to hydrolysis) is 1. The predicted octanol–water partition coefficient (Wildman–Crippen LogP) is 3.82. The molecule has 0 heterocycles. The lowest BCUT2D eigenvalue weighted by Gasteiger charge is -2.39. The molecule has 0 saturated heterocycles. The molecule has 7 heteroatoms. The third-order valence-electron chi connectivity index (χ3n) is 7.48. The van der Waals surface area contributed by atoms with Crippen molar-refractivity contribution < 1.29 is 24.2 Å². The van der Waals surface area contributed by atoms with Crippen LogP contribution in [0.2, 0.25) is 0 Å². The van der Waals surface area contributed by atoms with E-state index in [4.69, 9.17) is 4.74 Å². The van der Waals surface area contributed by atoms with E-state index >= 15 is 0 Å². The molecule has 33 heavy (non-hydrogen) atoms. The van der Waals surface area contributed by atoms with Crippen LogP contribution in [0.3, 0.4) is 0 Å². The molecule has 3 aliphatic carbocycles. The van der Waals surface area contributed by atoms with Gasteiger partial charge in [-0.3, -0.25) is 4.79 Å². The second kappa shape index (κ2) is 8.54. The van der Waals surface area contributed by atoms with Crippen LogP contribution in [0.15, 0.2) is 48.5 Å². The van der Waals surface area contributed by atoms with Gasteiger partial charge in [-0.1, -0.05) is 55.0 Å². The highest BCUT2D eigenvalue weighted by Crippen LogP contribution is 2.44. The molecule has 2 aromatic carbocycles. The second-order valence-corrected chi connectivity index (χ2v) is 9.34. The van der Waals surface area contributed by atoms with Crippen molar-refractivity contribution in [1.82, 2.24) is 10.6 Å². The first-order valence-corrected chi connectivity index (χ1v) is 11.7. The largest absolute Gasteiger partial charge is 0.480 e. The smallest absolute Gasteiger partial charge is 0.407 e. The Morgan fingerprint density at radius 3 is 2.15 bits per heavy atom. The first kappa shape index (κ1) is 21.5. The van der Waals surface area contributed by atoms with Gasteiger partial charge in [0.05, 0.1) is 5.92 Å². The van der Waals surface area contributed by atoms with Gasteiger partial charge in [0, 0.05) is 12.0 Å². The van der Waals surface area contributed by atoms with Crippen LogP contribution >= 0.6 is 0 Å². The van der Waals surface area contributed by atoms with E-state index in [9.17, 15) is 19.5 Å². The molecule has 7 nitrogen and oxygen atoms in total. The molecule has 0 unspecified atom stereocenters. The van der Waals surface area contributed by atoms with Gasteiger partial charge < -0.3 is 20.5 Å². The highest BCUT2D eigenvalue weighted by molar-refractivity contribution is 5.89. The Balaban J connectivity index is 1.21. The Bertz CT molecular complexity index is 1050. The molecule has 5 rings (SSSR count). The zero-order valence-corrected chi connectivity index (χ0v) is 18.4. The fourth-order valence-corrected chi connectivity index (χ4v) is 5.49. The van der Waals surface area contributed by atoms with Crippen molar-refractivity contribution in [1.29, 1.82) is 0 Å². The van der Waals surface area contributed by atoms with E-state index in [2.05, 4.69) is 34.9 Å². The number of aliphatic carboxylic acids is 1. The van der Waals surface area contributed by atoms with Crippen molar-refractivity contribution in [2.45, 2.75) is 56.0 Å². The average molecular weight is 449 g/mol. The van der Waals surface area contributed by atoms with Gasteiger partial charge in [-0.25, -0.2) is 9.59 Å². The van der Waals surface area contributed by atoms with E-state index in [1.807, 2.05) is 24.3 Å². The lowest BCUT2D eigenvalue weighted by Crippen LogP contribution is -2.61. The number of ether oxygens (including phenoxy) is 1. The molecule has 172 valence electrons. The number of hydrogen-bond acceptors (Lipinski definition) is 4. The number of carbonyl (C=O) groups excluding carboxylic acids is 2. The number of carbonyl (C=O) groups is 3. The molecule has 0 spiro atoms. The van der Waals surface area contributed by atoms with E-state index in [1.165, 1.54) is 0 Å². The van der Waals surface area contributed by atoms with Crippen LogP contribution in [-0.2, 0) is 14.3 Å². The molecule has 3 aliphatic rings. The lowest BCUT2D eigenvalue weighted by molar-refractivity contribution is -0.152. The van der Waals surface area contributed by atoms with Crippen molar-refractivity contribution in [3.05, 3.63) is 59.7 Å². The van der Waals surface area contributed by atoms with Gasteiger partial charge in [0.25, 0.3) is 0 Å². The highest BCUT2D eigenvalue weighted by Gasteiger charge is 2.47. The molecule has 0 bridgehead atoms. The summed E-state index contributed by atoms with van der Waals surface area (Å²) in [7, 11) is 0. The van der Waals surface area contributed by atoms with Crippen LogP contribution < -0.4 is 10.6 Å². The normalized spacial score (nSPS) is 22.5. The van der Waals surface area contributed by atoms with Gasteiger partial charge in [0.15, 0.2) is 0 Å². The minimum atomic E-state index is -1.14.